The molecule has 3 rings (SSSR count). The van der Waals surface area contributed by atoms with E-state index in [4.69, 9.17) is 0 Å². The Morgan fingerprint density at radius 2 is 1.19 bits per heavy atom. The third-order valence-corrected chi connectivity index (χ3v) is 4.08. The normalized spacial score (nSPS) is 12.0. The van der Waals surface area contributed by atoms with Gasteiger partial charge in [-0.1, -0.05) is 96.2 Å². The Bertz CT molecular complexity index is 914. The summed E-state index contributed by atoms with van der Waals surface area (Å²) < 4.78 is 0. The molecule has 0 unspecified atom stereocenters. The molecule has 3 aromatic rings. The number of ketones is 1. The van der Waals surface area contributed by atoms with E-state index in [0.29, 0.717) is 11.3 Å². The molecular weight excluding hydrogens is 322 g/mol. The average molecular weight is 341 g/mol. The number of hydrogen-bond acceptors (Lipinski definition) is 3. The van der Waals surface area contributed by atoms with Crippen molar-refractivity contribution in [3.05, 3.63) is 114 Å². The van der Waals surface area contributed by atoms with Crippen LogP contribution in [0.5, 0.6) is 0 Å². The third-order valence-electron chi connectivity index (χ3n) is 4.08. The van der Waals surface area contributed by atoms with E-state index < -0.39 is 0 Å². The molecule has 3 heteroatoms. The molecule has 0 saturated heterocycles. The lowest BCUT2D eigenvalue weighted by Crippen LogP contribution is -2.04. The third kappa shape index (κ3) is 4.33. The lowest BCUT2D eigenvalue weighted by Gasteiger charge is -2.09. The number of allylic oxidation sites excluding steroid dienone is 2. The van der Waals surface area contributed by atoms with Crippen molar-refractivity contribution in [2.24, 2.45) is 5.16 Å². The Balaban J connectivity index is 1.97. The summed E-state index contributed by atoms with van der Waals surface area (Å²) in [7, 11) is 0. The first kappa shape index (κ1) is 17.4. The summed E-state index contributed by atoms with van der Waals surface area (Å²) in [5, 5.41) is 12.9. The van der Waals surface area contributed by atoms with Crippen LogP contribution in [0.1, 0.15) is 27.9 Å². The molecule has 3 nitrogen and oxygen atoms in total. The fraction of sp³-hybridized carbons (Fsp3) is 0.0435. The van der Waals surface area contributed by atoms with Crippen LogP contribution < -0.4 is 0 Å². The van der Waals surface area contributed by atoms with Gasteiger partial charge in [0, 0.05) is 17.5 Å². The van der Waals surface area contributed by atoms with Crippen LogP contribution in [-0.4, -0.2) is 16.7 Å². The van der Waals surface area contributed by atoms with Gasteiger partial charge in [-0.25, -0.2) is 0 Å². The van der Waals surface area contributed by atoms with Gasteiger partial charge in [0.1, 0.15) is 5.71 Å². The molecule has 0 radical (unpaired) electrons. The van der Waals surface area contributed by atoms with Crippen molar-refractivity contribution in [2.45, 2.75) is 6.42 Å². The number of carbonyl (C=O) groups excluding carboxylic acids is 1. The highest BCUT2D eigenvalue weighted by atomic mass is 16.4. The van der Waals surface area contributed by atoms with E-state index in [1.807, 2.05) is 91.0 Å². The summed E-state index contributed by atoms with van der Waals surface area (Å²) in [6, 6.07) is 28.3. The lowest BCUT2D eigenvalue weighted by atomic mass is 9.95. The van der Waals surface area contributed by atoms with E-state index in [1.54, 1.807) is 6.08 Å². The minimum atomic E-state index is 0.0195. The summed E-state index contributed by atoms with van der Waals surface area (Å²) in [5.41, 5.74) is 3.60. The smallest absolute Gasteiger partial charge is 0.167 e. The van der Waals surface area contributed by atoms with Crippen molar-refractivity contribution in [3.63, 3.8) is 0 Å². The Kier molecular flexibility index (Phi) is 5.73. The monoisotopic (exact) mass is 341 g/mol. The molecule has 0 aliphatic rings. The van der Waals surface area contributed by atoms with E-state index in [9.17, 15) is 10.0 Å². The van der Waals surface area contributed by atoms with Crippen molar-refractivity contribution < 1.29 is 10.0 Å². The van der Waals surface area contributed by atoms with Crippen molar-refractivity contribution in [3.8, 4) is 0 Å². The lowest BCUT2D eigenvalue weighted by molar-refractivity contribution is 0.0998. The molecule has 0 bridgehead atoms. The molecule has 0 amide bonds. The van der Waals surface area contributed by atoms with Crippen LogP contribution in [0.3, 0.4) is 0 Å². The van der Waals surface area contributed by atoms with Gasteiger partial charge in [0.2, 0.25) is 0 Å². The molecule has 26 heavy (non-hydrogen) atoms. The highest BCUT2D eigenvalue weighted by Crippen LogP contribution is 2.22. The minimum Gasteiger partial charge on any atom is -0.410 e. The van der Waals surface area contributed by atoms with Crippen LogP contribution in [0, 0.1) is 0 Å². The molecular formula is C23H19NO2. The highest BCUT2D eigenvalue weighted by molar-refractivity contribution is 6.14. The summed E-state index contributed by atoms with van der Waals surface area (Å²) in [5.74, 6) is 0.0195. The van der Waals surface area contributed by atoms with Crippen molar-refractivity contribution in [2.75, 3.05) is 0 Å². The molecule has 0 heterocycles. The molecule has 0 fully saturated rings. The molecule has 0 aliphatic carbocycles. The standard InChI is InChI=1S/C23H19NO2/c25-23(20-14-8-3-9-15-20)17-21(18-10-4-1-5-11-18)16-22(24-26)19-12-6-2-7-13-19/h1-16,26H,17H2/b21-16+,24-22+. The zero-order valence-corrected chi connectivity index (χ0v) is 14.2. The van der Waals surface area contributed by atoms with Crippen LogP contribution in [0.4, 0.5) is 0 Å². The van der Waals surface area contributed by atoms with Crippen LogP contribution >= 0.6 is 0 Å². The van der Waals surface area contributed by atoms with Crippen LogP contribution in [0.25, 0.3) is 5.57 Å². The average Bonchev–Trinajstić information content (AvgIpc) is 2.73. The molecule has 0 spiro atoms. The Morgan fingerprint density at radius 3 is 1.69 bits per heavy atom. The van der Waals surface area contributed by atoms with Gasteiger partial charge in [0.15, 0.2) is 5.78 Å². The van der Waals surface area contributed by atoms with Crippen molar-refractivity contribution in [1.29, 1.82) is 0 Å². The van der Waals surface area contributed by atoms with E-state index in [0.717, 1.165) is 16.7 Å². The summed E-state index contributed by atoms with van der Waals surface area (Å²) >= 11 is 0. The van der Waals surface area contributed by atoms with E-state index in [2.05, 4.69) is 5.16 Å². The molecule has 0 aliphatic heterocycles. The second kappa shape index (κ2) is 8.58. The molecule has 3 aromatic carbocycles. The first-order chi connectivity index (χ1) is 12.8. The van der Waals surface area contributed by atoms with Crippen LogP contribution in [-0.2, 0) is 0 Å². The van der Waals surface area contributed by atoms with E-state index in [-0.39, 0.29) is 12.2 Å². The molecule has 1 N–H and O–H groups in total. The van der Waals surface area contributed by atoms with Gasteiger partial charge in [-0.05, 0) is 17.2 Å². The first-order valence-corrected chi connectivity index (χ1v) is 8.39. The second-order valence-electron chi connectivity index (χ2n) is 5.85. The van der Waals surface area contributed by atoms with Gasteiger partial charge in [-0.3, -0.25) is 4.79 Å². The topological polar surface area (TPSA) is 49.7 Å². The van der Waals surface area contributed by atoms with Gasteiger partial charge >= 0.3 is 0 Å². The first-order valence-electron chi connectivity index (χ1n) is 8.39. The minimum absolute atomic E-state index is 0.0195. The van der Waals surface area contributed by atoms with Gasteiger partial charge in [0.25, 0.3) is 0 Å². The number of oxime groups is 1. The number of rotatable bonds is 6. The Labute approximate surface area is 152 Å². The van der Waals surface area contributed by atoms with Crippen LogP contribution in [0.2, 0.25) is 0 Å². The zero-order valence-electron chi connectivity index (χ0n) is 14.2. The maximum Gasteiger partial charge on any atom is 0.167 e. The van der Waals surface area contributed by atoms with Crippen molar-refractivity contribution >= 4 is 17.1 Å². The molecule has 0 atom stereocenters. The predicted octanol–water partition coefficient (Wildman–Crippen LogP) is 5.22. The Morgan fingerprint density at radius 1 is 0.731 bits per heavy atom. The fourth-order valence-electron chi connectivity index (χ4n) is 2.73. The number of carbonyl (C=O) groups is 1. The maximum absolute atomic E-state index is 12.7. The van der Waals surface area contributed by atoms with Gasteiger partial charge in [-0.15, -0.1) is 0 Å². The summed E-state index contributed by atoms with van der Waals surface area (Å²) in [6.45, 7) is 0. The molecule has 128 valence electrons. The number of nitrogens with zero attached hydrogens (tertiary/aromatic N) is 1. The molecule has 0 aromatic heterocycles. The second-order valence-corrected chi connectivity index (χ2v) is 5.85. The maximum atomic E-state index is 12.7. The highest BCUT2D eigenvalue weighted by Gasteiger charge is 2.12. The fourth-order valence-corrected chi connectivity index (χ4v) is 2.73. The van der Waals surface area contributed by atoms with Crippen LogP contribution in [0.15, 0.2) is 102 Å². The number of hydrogen-bond donors (Lipinski definition) is 1. The Hall–Kier alpha value is -3.46. The van der Waals surface area contributed by atoms with E-state index >= 15 is 0 Å². The number of Topliss-reactive ketones (excluding diaryl/α,β-unsaturated/α-hetero) is 1. The molecule has 0 saturated carbocycles. The van der Waals surface area contributed by atoms with Gasteiger partial charge in [0.05, 0.1) is 0 Å². The van der Waals surface area contributed by atoms with Gasteiger partial charge in [-0.2, -0.15) is 0 Å². The quantitative estimate of drug-likeness (QED) is 0.289. The number of benzene rings is 3. The largest absolute Gasteiger partial charge is 0.410 e. The summed E-state index contributed by atoms with van der Waals surface area (Å²) in [4.78, 5) is 12.7. The van der Waals surface area contributed by atoms with E-state index in [1.165, 1.54) is 0 Å². The van der Waals surface area contributed by atoms with Gasteiger partial charge < -0.3 is 5.21 Å². The zero-order chi connectivity index (χ0) is 18.2. The predicted molar refractivity (Wildman–Crippen MR) is 105 cm³/mol. The SMILES string of the molecule is O=C(C/C(=C\C(=N/O)c1ccccc1)c1ccccc1)c1ccccc1. The summed E-state index contributed by atoms with van der Waals surface area (Å²) in [6.07, 6.45) is 1.99. The van der Waals surface area contributed by atoms with Crippen molar-refractivity contribution in [1.82, 2.24) is 0 Å².